The molecule has 2 aliphatic rings. The molecule has 0 aliphatic carbocycles. The first kappa shape index (κ1) is 18.4. The van der Waals surface area contributed by atoms with E-state index in [1.165, 1.54) is 0 Å². The van der Waals surface area contributed by atoms with Gasteiger partial charge in [-0.05, 0) is 32.7 Å². The summed E-state index contributed by atoms with van der Waals surface area (Å²) in [6, 6.07) is 1.75. The first-order valence-electron chi connectivity index (χ1n) is 8.95. The van der Waals surface area contributed by atoms with Crippen LogP contribution in [-0.4, -0.2) is 35.1 Å². The molecule has 2 aliphatic heterocycles. The van der Waals surface area contributed by atoms with E-state index in [2.05, 4.69) is 15.3 Å². The predicted molar refractivity (Wildman–Crippen MR) is 97.0 cm³/mol. The van der Waals surface area contributed by atoms with Crippen molar-refractivity contribution < 1.29 is 13.2 Å². The fourth-order valence-electron chi connectivity index (χ4n) is 4.34. The minimum atomic E-state index is -4.73. The van der Waals surface area contributed by atoms with Gasteiger partial charge in [0.15, 0.2) is 5.69 Å². The molecule has 1 atom stereocenters. The lowest BCUT2D eigenvalue weighted by Gasteiger charge is -2.35. The number of fused-ring (bicyclic) bond motifs is 1. The fourth-order valence-corrected chi connectivity index (χ4v) is 4.52. The predicted octanol–water partition coefficient (Wildman–Crippen LogP) is 4.14. The van der Waals surface area contributed by atoms with Gasteiger partial charge in [0.05, 0.1) is 16.2 Å². The Hall–Kier alpha value is -1.98. The molecule has 0 radical (unpaired) electrons. The Labute approximate surface area is 159 Å². The number of H-pyrrole nitrogens is 1. The van der Waals surface area contributed by atoms with Gasteiger partial charge in [0.1, 0.15) is 17.1 Å². The maximum Gasteiger partial charge on any atom is 0.434 e. The van der Waals surface area contributed by atoms with Gasteiger partial charge in [-0.1, -0.05) is 18.0 Å². The van der Waals surface area contributed by atoms with Crippen LogP contribution in [0.15, 0.2) is 0 Å². The molecule has 2 aromatic heterocycles. The van der Waals surface area contributed by atoms with E-state index in [1.54, 1.807) is 13.0 Å². The average Bonchev–Trinajstić information content (AvgIpc) is 3.15. The molecule has 1 spiro atoms. The van der Waals surface area contributed by atoms with Crippen LogP contribution in [0.5, 0.6) is 0 Å². The van der Waals surface area contributed by atoms with E-state index in [4.69, 9.17) is 11.6 Å². The smallest absolute Gasteiger partial charge is 0.367 e. The van der Waals surface area contributed by atoms with E-state index in [0.717, 1.165) is 32.2 Å². The number of halogens is 4. The number of alkyl halides is 3. The monoisotopic (exact) mass is 397 g/mol. The van der Waals surface area contributed by atoms with E-state index in [1.807, 2.05) is 4.90 Å². The molecule has 0 amide bonds. The van der Waals surface area contributed by atoms with Crippen LogP contribution in [0.3, 0.4) is 0 Å². The number of aryl methyl sites for hydroxylation is 1. The molecule has 1 unspecified atom stereocenters. The second-order valence-corrected chi connectivity index (χ2v) is 7.79. The molecule has 5 nitrogen and oxygen atoms in total. The number of nitriles is 1. The molecular weight excluding hydrogens is 379 g/mol. The Morgan fingerprint density at radius 2 is 2.07 bits per heavy atom. The summed E-state index contributed by atoms with van der Waals surface area (Å²) in [5, 5.41) is 13.3. The topological polar surface area (TPSA) is 67.7 Å². The van der Waals surface area contributed by atoms with Gasteiger partial charge >= 0.3 is 6.18 Å². The second-order valence-electron chi connectivity index (χ2n) is 7.42. The summed E-state index contributed by atoms with van der Waals surface area (Å²) in [6.07, 6.45) is -0.719. The van der Waals surface area contributed by atoms with E-state index in [9.17, 15) is 18.4 Å². The van der Waals surface area contributed by atoms with Crippen molar-refractivity contribution in [1.82, 2.24) is 15.3 Å². The number of aromatic amines is 1. The molecule has 2 aromatic rings. The molecule has 4 heterocycles. The number of aromatic nitrogens is 2. The van der Waals surface area contributed by atoms with Crippen LogP contribution in [-0.2, 0) is 6.18 Å². The zero-order valence-electron chi connectivity index (χ0n) is 14.8. The standard InChI is InChI=1S/C18H19ClF3N5/c1-10-12(19)13-14(25-10)15(11(8-23)16(26-13)18(20,21)22)27-7-5-17(9-27)4-2-3-6-24-17/h24-25H,2-7,9H2,1H3. The van der Waals surface area contributed by atoms with Crippen molar-refractivity contribution >= 4 is 28.3 Å². The number of hydrogen-bond acceptors (Lipinski definition) is 4. The first-order valence-corrected chi connectivity index (χ1v) is 9.32. The maximum absolute atomic E-state index is 13.6. The highest BCUT2D eigenvalue weighted by Crippen LogP contribution is 2.43. The van der Waals surface area contributed by atoms with Crippen molar-refractivity contribution in [2.75, 3.05) is 24.5 Å². The molecule has 2 saturated heterocycles. The Kier molecular flexibility index (Phi) is 4.28. The summed E-state index contributed by atoms with van der Waals surface area (Å²) in [4.78, 5) is 8.64. The minimum absolute atomic E-state index is 0.0630. The summed E-state index contributed by atoms with van der Waals surface area (Å²) in [5.41, 5.74) is -0.471. The van der Waals surface area contributed by atoms with Gasteiger partial charge < -0.3 is 15.2 Å². The third kappa shape index (κ3) is 2.93. The number of pyridine rings is 1. The minimum Gasteiger partial charge on any atom is -0.367 e. The quantitative estimate of drug-likeness (QED) is 0.759. The Bertz CT molecular complexity index is 937. The van der Waals surface area contributed by atoms with Crippen molar-refractivity contribution in [1.29, 1.82) is 5.26 Å². The largest absolute Gasteiger partial charge is 0.434 e. The Balaban J connectivity index is 1.91. The highest BCUT2D eigenvalue weighted by molar-refractivity contribution is 6.36. The lowest BCUT2D eigenvalue weighted by Crippen LogP contribution is -2.50. The molecular formula is C18H19ClF3N5. The van der Waals surface area contributed by atoms with Gasteiger partial charge in [-0.15, -0.1) is 0 Å². The number of hydrogen-bond donors (Lipinski definition) is 2. The van der Waals surface area contributed by atoms with Crippen molar-refractivity contribution in [3.8, 4) is 6.07 Å². The number of nitrogens with one attached hydrogen (secondary N) is 2. The molecule has 4 rings (SSSR count). The number of rotatable bonds is 1. The average molecular weight is 398 g/mol. The molecule has 0 aromatic carbocycles. The molecule has 2 fully saturated rings. The third-order valence-electron chi connectivity index (χ3n) is 5.65. The molecule has 144 valence electrons. The summed E-state index contributed by atoms with van der Waals surface area (Å²) in [7, 11) is 0. The van der Waals surface area contributed by atoms with E-state index >= 15 is 0 Å². The molecule has 2 N–H and O–H groups in total. The van der Waals surface area contributed by atoms with Crippen LogP contribution in [0.2, 0.25) is 5.02 Å². The zero-order chi connectivity index (χ0) is 19.4. The van der Waals surface area contributed by atoms with Crippen LogP contribution in [0.25, 0.3) is 11.0 Å². The molecule has 9 heteroatoms. The Morgan fingerprint density at radius 3 is 2.70 bits per heavy atom. The third-order valence-corrected chi connectivity index (χ3v) is 6.12. The molecule has 27 heavy (non-hydrogen) atoms. The summed E-state index contributed by atoms with van der Waals surface area (Å²) >= 11 is 6.21. The molecule has 0 saturated carbocycles. The van der Waals surface area contributed by atoms with Crippen molar-refractivity contribution in [2.45, 2.75) is 44.3 Å². The lowest BCUT2D eigenvalue weighted by atomic mass is 9.88. The van der Waals surface area contributed by atoms with Crippen molar-refractivity contribution in [2.24, 2.45) is 0 Å². The Morgan fingerprint density at radius 1 is 1.30 bits per heavy atom. The highest BCUT2D eigenvalue weighted by Gasteiger charge is 2.43. The normalized spacial score (nSPS) is 23.3. The van der Waals surface area contributed by atoms with Crippen molar-refractivity contribution in [3.05, 3.63) is 22.0 Å². The summed E-state index contributed by atoms with van der Waals surface area (Å²) in [5.74, 6) is 0. The second kappa shape index (κ2) is 6.28. The number of nitrogens with zero attached hydrogens (tertiary/aromatic N) is 3. The van der Waals surface area contributed by atoms with Crippen LogP contribution in [0, 0.1) is 18.3 Å². The van der Waals surface area contributed by atoms with Crippen LogP contribution >= 0.6 is 11.6 Å². The number of piperidine rings is 1. The highest BCUT2D eigenvalue weighted by atomic mass is 35.5. The maximum atomic E-state index is 13.6. The zero-order valence-corrected chi connectivity index (χ0v) is 15.6. The fraction of sp³-hybridized carbons (Fsp3) is 0.556. The SMILES string of the molecule is Cc1[nH]c2c(N3CCC4(CCCCN4)C3)c(C#N)c(C(F)(F)F)nc2c1Cl. The van der Waals surface area contributed by atoms with Gasteiger partial charge in [0, 0.05) is 24.3 Å². The van der Waals surface area contributed by atoms with Gasteiger partial charge in [-0.3, -0.25) is 0 Å². The van der Waals surface area contributed by atoms with Crippen molar-refractivity contribution in [3.63, 3.8) is 0 Å². The van der Waals surface area contributed by atoms with Gasteiger partial charge in [-0.25, -0.2) is 4.98 Å². The van der Waals surface area contributed by atoms with Crippen LogP contribution < -0.4 is 10.2 Å². The molecule has 0 bridgehead atoms. The van der Waals surface area contributed by atoms with Crippen LogP contribution in [0.1, 0.15) is 42.6 Å². The number of anilines is 1. The van der Waals surface area contributed by atoms with E-state index in [-0.39, 0.29) is 21.8 Å². The summed E-state index contributed by atoms with van der Waals surface area (Å²) in [6.45, 7) is 3.73. The van der Waals surface area contributed by atoms with Gasteiger partial charge in [0.25, 0.3) is 0 Å². The summed E-state index contributed by atoms with van der Waals surface area (Å²) < 4.78 is 40.9. The van der Waals surface area contributed by atoms with Crippen LogP contribution in [0.4, 0.5) is 18.9 Å². The van der Waals surface area contributed by atoms with E-state index in [0.29, 0.717) is 24.3 Å². The van der Waals surface area contributed by atoms with Gasteiger partial charge in [-0.2, -0.15) is 18.4 Å². The van der Waals surface area contributed by atoms with E-state index < -0.39 is 17.4 Å². The van der Waals surface area contributed by atoms with Gasteiger partial charge in [0.2, 0.25) is 0 Å². The lowest BCUT2D eigenvalue weighted by molar-refractivity contribution is -0.141. The first-order chi connectivity index (χ1) is 12.8.